The Morgan fingerprint density at radius 1 is 1.53 bits per heavy atom. The predicted octanol–water partition coefficient (Wildman–Crippen LogP) is 2.67. The average Bonchev–Trinajstić information content (AvgIpc) is 2.43. The van der Waals surface area contributed by atoms with Gasteiger partial charge in [0.1, 0.15) is 0 Å². The SMILES string of the molecule is Cc1nc(CCC(C)C)sc1CC(=O)O. The largest absolute Gasteiger partial charge is 0.481 e. The molecule has 4 heteroatoms. The molecule has 1 aromatic heterocycles. The van der Waals surface area contributed by atoms with Crippen LogP contribution in [0.15, 0.2) is 0 Å². The van der Waals surface area contributed by atoms with Gasteiger partial charge in [0.15, 0.2) is 0 Å². The number of hydrogen-bond donors (Lipinski definition) is 1. The number of thiazole rings is 1. The standard InChI is InChI=1S/C11H17NO2S/c1-7(2)4-5-10-12-8(3)9(15-10)6-11(13)14/h7H,4-6H2,1-3H3,(H,13,14). The Kier molecular flexibility index (Phi) is 4.27. The molecule has 0 radical (unpaired) electrons. The van der Waals surface area contributed by atoms with Crippen LogP contribution in [-0.2, 0) is 17.6 Å². The number of rotatable bonds is 5. The zero-order chi connectivity index (χ0) is 11.4. The lowest BCUT2D eigenvalue weighted by Gasteiger charge is -1.99. The maximum absolute atomic E-state index is 10.6. The molecule has 84 valence electrons. The molecule has 0 fully saturated rings. The van der Waals surface area contributed by atoms with Crippen LogP contribution in [0.2, 0.25) is 0 Å². The van der Waals surface area contributed by atoms with Crippen LogP contribution >= 0.6 is 11.3 Å². The van der Waals surface area contributed by atoms with Crippen molar-refractivity contribution in [1.82, 2.24) is 4.98 Å². The van der Waals surface area contributed by atoms with Crippen molar-refractivity contribution in [1.29, 1.82) is 0 Å². The molecule has 0 unspecified atom stereocenters. The molecule has 15 heavy (non-hydrogen) atoms. The van der Waals surface area contributed by atoms with Crippen molar-refractivity contribution in [3.8, 4) is 0 Å². The van der Waals surface area contributed by atoms with E-state index in [0.717, 1.165) is 28.4 Å². The summed E-state index contributed by atoms with van der Waals surface area (Å²) in [5.41, 5.74) is 0.876. The molecule has 0 saturated carbocycles. The summed E-state index contributed by atoms with van der Waals surface area (Å²) in [5, 5.41) is 9.76. The fraction of sp³-hybridized carbons (Fsp3) is 0.636. The molecule has 1 aromatic rings. The van der Waals surface area contributed by atoms with E-state index in [1.54, 1.807) is 0 Å². The van der Waals surface area contributed by atoms with Gasteiger partial charge in [0.25, 0.3) is 0 Å². The van der Waals surface area contributed by atoms with Crippen LogP contribution in [0.25, 0.3) is 0 Å². The van der Waals surface area contributed by atoms with Crippen molar-refractivity contribution < 1.29 is 9.90 Å². The van der Waals surface area contributed by atoms with Gasteiger partial charge < -0.3 is 5.11 Å². The van der Waals surface area contributed by atoms with Gasteiger partial charge in [0, 0.05) is 4.88 Å². The second kappa shape index (κ2) is 5.26. The third-order valence-electron chi connectivity index (χ3n) is 2.18. The highest BCUT2D eigenvalue weighted by molar-refractivity contribution is 7.11. The maximum atomic E-state index is 10.6. The second-order valence-corrected chi connectivity index (χ2v) is 5.29. The van der Waals surface area contributed by atoms with Crippen molar-refractivity contribution in [2.75, 3.05) is 0 Å². The molecule has 0 bridgehead atoms. The molecule has 1 N–H and O–H groups in total. The van der Waals surface area contributed by atoms with Crippen molar-refractivity contribution in [3.63, 3.8) is 0 Å². The van der Waals surface area contributed by atoms with Crippen LogP contribution in [-0.4, -0.2) is 16.1 Å². The number of carboxylic acid groups (broad SMARTS) is 1. The molecule has 0 amide bonds. The first-order valence-electron chi connectivity index (χ1n) is 5.16. The van der Waals surface area contributed by atoms with Crippen molar-refractivity contribution in [3.05, 3.63) is 15.6 Å². The van der Waals surface area contributed by atoms with Crippen molar-refractivity contribution in [2.24, 2.45) is 5.92 Å². The fourth-order valence-corrected chi connectivity index (χ4v) is 2.38. The van der Waals surface area contributed by atoms with Crippen molar-refractivity contribution in [2.45, 2.75) is 40.0 Å². The minimum absolute atomic E-state index is 0.102. The summed E-state index contributed by atoms with van der Waals surface area (Å²) in [6.07, 6.45) is 2.17. The van der Waals surface area contributed by atoms with Crippen LogP contribution in [0.5, 0.6) is 0 Å². The minimum Gasteiger partial charge on any atom is -0.481 e. The number of aromatic nitrogens is 1. The highest BCUT2D eigenvalue weighted by atomic mass is 32.1. The molecule has 0 atom stereocenters. The Morgan fingerprint density at radius 3 is 2.73 bits per heavy atom. The number of hydrogen-bond acceptors (Lipinski definition) is 3. The summed E-state index contributed by atoms with van der Waals surface area (Å²) in [4.78, 5) is 15.9. The molecule has 0 saturated heterocycles. The number of aliphatic carboxylic acids is 1. The first kappa shape index (κ1) is 12.2. The number of carbonyl (C=O) groups is 1. The van der Waals surface area contributed by atoms with Gasteiger partial charge >= 0.3 is 5.97 Å². The lowest BCUT2D eigenvalue weighted by Crippen LogP contribution is -1.99. The Morgan fingerprint density at radius 2 is 2.20 bits per heavy atom. The van der Waals surface area contributed by atoms with Crippen LogP contribution in [0.1, 0.15) is 35.8 Å². The molecule has 0 aromatic carbocycles. The highest BCUT2D eigenvalue weighted by Gasteiger charge is 2.10. The third-order valence-corrected chi connectivity index (χ3v) is 3.40. The van der Waals surface area contributed by atoms with E-state index >= 15 is 0 Å². The zero-order valence-corrected chi connectivity index (χ0v) is 10.2. The molecule has 0 spiro atoms. The minimum atomic E-state index is -0.780. The monoisotopic (exact) mass is 227 g/mol. The summed E-state index contributed by atoms with van der Waals surface area (Å²) in [7, 11) is 0. The smallest absolute Gasteiger partial charge is 0.308 e. The first-order valence-corrected chi connectivity index (χ1v) is 5.97. The van der Waals surface area contributed by atoms with Crippen molar-refractivity contribution >= 4 is 17.3 Å². The van der Waals surface area contributed by atoms with E-state index in [2.05, 4.69) is 18.8 Å². The van der Waals surface area contributed by atoms with Crippen LogP contribution in [0.4, 0.5) is 0 Å². The Balaban J connectivity index is 2.64. The van der Waals surface area contributed by atoms with Gasteiger partial charge in [-0.15, -0.1) is 11.3 Å². The van der Waals surface area contributed by atoms with Gasteiger partial charge in [-0.1, -0.05) is 13.8 Å². The molecular weight excluding hydrogens is 210 g/mol. The normalized spacial score (nSPS) is 10.9. The average molecular weight is 227 g/mol. The van der Waals surface area contributed by atoms with Crippen LogP contribution in [0, 0.1) is 12.8 Å². The molecule has 1 heterocycles. The second-order valence-electron chi connectivity index (χ2n) is 4.12. The van der Waals surface area contributed by atoms with Gasteiger partial charge in [0.2, 0.25) is 0 Å². The van der Waals surface area contributed by atoms with E-state index in [-0.39, 0.29) is 6.42 Å². The Bertz CT molecular complexity index is 344. The lowest BCUT2D eigenvalue weighted by atomic mass is 10.1. The van der Waals surface area contributed by atoms with Gasteiger partial charge in [0.05, 0.1) is 17.1 Å². The summed E-state index contributed by atoms with van der Waals surface area (Å²) in [5.74, 6) is -0.116. The van der Waals surface area contributed by atoms with E-state index in [1.807, 2.05) is 6.92 Å². The summed E-state index contributed by atoms with van der Waals surface area (Å²) in [6, 6.07) is 0. The molecular formula is C11H17NO2S. The zero-order valence-electron chi connectivity index (χ0n) is 9.41. The number of carboxylic acids is 1. The van der Waals surface area contributed by atoms with E-state index in [1.165, 1.54) is 11.3 Å². The van der Waals surface area contributed by atoms with Crippen LogP contribution in [0.3, 0.4) is 0 Å². The van der Waals surface area contributed by atoms with E-state index in [4.69, 9.17) is 5.11 Å². The molecule has 0 aliphatic heterocycles. The van der Waals surface area contributed by atoms with E-state index < -0.39 is 5.97 Å². The third kappa shape index (κ3) is 4.00. The van der Waals surface area contributed by atoms with Crippen LogP contribution < -0.4 is 0 Å². The molecule has 3 nitrogen and oxygen atoms in total. The predicted molar refractivity (Wildman–Crippen MR) is 61.3 cm³/mol. The van der Waals surface area contributed by atoms with Gasteiger partial charge in [-0.25, -0.2) is 4.98 Å². The van der Waals surface area contributed by atoms with Gasteiger partial charge in [-0.05, 0) is 25.7 Å². The summed E-state index contributed by atoms with van der Waals surface area (Å²) < 4.78 is 0. The Labute approximate surface area is 94.2 Å². The number of aryl methyl sites for hydroxylation is 2. The fourth-order valence-electron chi connectivity index (χ4n) is 1.31. The summed E-state index contributed by atoms with van der Waals surface area (Å²) in [6.45, 7) is 6.24. The first-order chi connectivity index (χ1) is 6.99. The highest BCUT2D eigenvalue weighted by Crippen LogP contribution is 2.21. The van der Waals surface area contributed by atoms with E-state index in [0.29, 0.717) is 5.92 Å². The summed E-state index contributed by atoms with van der Waals surface area (Å²) >= 11 is 1.54. The van der Waals surface area contributed by atoms with Gasteiger partial charge in [-0.3, -0.25) is 4.79 Å². The van der Waals surface area contributed by atoms with Gasteiger partial charge in [-0.2, -0.15) is 0 Å². The van der Waals surface area contributed by atoms with E-state index in [9.17, 15) is 4.79 Å². The number of nitrogens with zero attached hydrogens (tertiary/aromatic N) is 1. The topological polar surface area (TPSA) is 50.2 Å². The maximum Gasteiger partial charge on any atom is 0.308 e. The molecule has 1 rings (SSSR count). The quantitative estimate of drug-likeness (QED) is 0.841. The Hall–Kier alpha value is -0.900. The molecule has 0 aliphatic rings. The molecule has 0 aliphatic carbocycles. The lowest BCUT2D eigenvalue weighted by molar-refractivity contribution is -0.136.